The molecule has 2 N–H and O–H groups in total. The summed E-state index contributed by atoms with van der Waals surface area (Å²) >= 11 is 0. The topological polar surface area (TPSA) is 163 Å². The van der Waals surface area contributed by atoms with Crippen LogP contribution in [0.4, 0.5) is 0 Å². The average molecular weight is 489 g/mol. The number of rotatable bonds is 17. The quantitative estimate of drug-likeness (QED) is 0.218. The predicted molar refractivity (Wildman–Crippen MR) is 118 cm³/mol. The first-order chi connectivity index (χ1) is 16.2. The molecule has 2 amide bonds. The van der Waals surface area contributed by atoms with Crippen LogP contribution in [0.15, 0.2) is 0 Å². The van der Waals surface area contributed by atoms with E-state index in [0.717, 1.165) is 0 Å². The Hall–Kier alpha value is -3.18. The van der Waals surface area contributed by atoms with E-state index < -0.39 is 47.8 Å². The molecule has 0 heterocycles. The summed E-state index contributed by atoms with van der Waals surface area (Å²) in [4.78, 5) is 71.8. The van der Waals surface area contributed by atoms with Gasteiger partial charge in [-0.05, 0) is 40.5 Å². The molecule has 0 aliphatic heterocycles. The van der Waals surface area contributed by atoms with Crippen LogP contribution < -0.4 is 10.6 Å². The number of carbonyl (C=O) groups excluding carboxylic acids is 6. The standard InChI is InChI=1S/C22H36N2O10/c1-5-31-19(27)13-9-15(21(29)33-7-3)23-17(25)11-12-18(26)24-16(22(30)34-8-4)10-14-20(28)32-6-2/h15-16H,5-14H2,1-4H3,(H,23,25)(H,24,26). The van der Waals surface area contributed by atoms with Crippen LogP contribution in [0.2, 0.25) is 0 Å². The molecule has 0 saturated heterocycles. The third kappa shape index (κ3) is 14.1. The van der Waals surface area contributed by atoms with Gasteiger partial charge in [-0.25, -0.2) is 9.59 Å². The molecule has 0 aromatic carbocycles. The van der Waals surface area contributed by atoms with Crippen LogP contribution >= 0.6 is 0 Å². The number of ether oxygens (including phenoxy) is 4. The Kier molecular flexibility index (Phi) is 16.6. The molecular formula is C22H36N2O10. The Labute approximate surface area is 199 Å². The Bertz CT molecular complexity index is 637. The van der Waals surface area contributed by atoms with Crippen molar-refractivity contribution in [1.82, 2.24) is 10.6 Å². The van der Waals surface area contributed by atoms with Gasteiger partial charge in [-0.15, -0.1) is 0 Å². The van der Waals surface area contributed by atoms with E-state index in [9.17, 15) is 28.8 Å². The van der Waals surface area contributed by atoms with E-state index in [1.807, 2.05) is 0 Å². The van der Waals surface area contributed by atoms with E-state index in [1.165, 1.54) is 0 Å². The average Bonchev–Trinajstić information content (AvgIpc) is 2.78. The van der Waals surface area contributed by atoms with Crippen molar-refractivity contribution in [3.63, 3.8) is 0 Å². The molecule has 0 aliphatic rings. The molecule has 194 valence electrons. The highest BCUT2D eigenvalue weighted by Gasteiger charge is 2.25. The van der Waals surface area contributed by atoms with Crippen LogP contribution in [-0.2, 0) is 47.7 Å². The van der Waals surface area contributed by atoms with E-state index in [1.54, 1.807) is 27.7 Å². The van der Waals surface area contributed by atoms with Crippen molar-refractivity contribution in [3.05, 3.63) is 0 Å². The highest BCUT2D eigenvalue weighted by molar-refractivity contribution is 5.89. The fourth-order valence-corrected chi connectivity index (χ4v) is 2.73. The number of amides is 2. The van der Waals surface area contributed by atoms with Crippen LogP contribution in [0.5, 0.6) is 0 Å². The Morgan fingerprint density at radius 2 is 0.853 bits per heavy atom. The van der Waals surface area contributed by atoms with E-state index in [4.69, 9.17) is 18.9 Å². The van der Waals surface area contributed by atoms with Crippen molar-refractivity contribution >= 4 is 35.7 Å². The maximum atomic E-state index is 12.3. The summed E-state index contributed by atoms with van der Waals surface area (Å²) in [6, 6.07) is -2.14. The lowest BCUT2D eigenvalue weighted by molar-refractivity contribution is -0.150. The normalized spacial score (nSPS) is 12.0. The zero-order valence-corrected chi connectivity index (χ0v) is 20.3. The number of nitrogens with one attached hydrogen (secondary N) is 2. The first-order valence-electron chi connectivity index (χ1n) is 11.4. The Morgan fingerprint density at radius 3 is 1.15 bits per heavy atom. The van der Waals surface area contributed by atoms with Crippen LogP contribution in [0.1, 0.15) is 66.2 Å². The molecule has 12 nitrogen and oxygen atoms in total. The fourth-order valence-electron chi connectivity index (χ4n) is 2.73. The van der Waals surface area contributed by atoms with Crippen molar-refractivity contribution in [2.45, 2.75) is 78.3 Å². The number of esters is 4. The number of hydrogen-bond acceptors (Lipinski definition) is 10. The fraction of sp³-hybridized carbons (Fsp3) is 0.727. The molecule has 0 fully saturated rings. The summed E-state index contributed by atoms with van der Waals surface area (Å²) in [5.41, 5.74) is 0. The Balaban J connectivity index is 4.82. The largest absolute Gasteiger partial charge is 0.466 e. The zero-order chi connectivity index (χ0) is 25.9. The monoisotopic (exact) mass is 488 g/mol. The maximum absolute atomic E-state index is 12.3. The first-order valence-corrected chi connectivity index (χ1v) is 11.4. The van der Waals surface area contributed by atoms with Crippen molar-refractivity contribution in [2.75, 3.05) is 26.4 Å². The SMILES string of the molecule is CCOC(=O)CCC(NC(=O)CCC(=O)NC(CCC(=O)OCC)C(=O)OCC)C(=O)OCC. The van der Waals surface area contributed by atoms with Gasteiger partial charge in [-0.2, -0.15) is 0 Å². The van der Waals surface area contributed by atoms with Gasteiger partial charge in [0.1, 0.15) is 12.1 Å². The molecule has 0 rings (SSSR count). The van der Waals surface area contributed by atoms with Gasteiger partial charge in [0.15, 0.2) is 0 Å². The number of carbonyl (C=O) groups is 6. The van der Waals surface area contributed by atoms with E-state index in [-0.39, 0.29) is 65.0 Å². The van der Waals surface area contributed by atoms with Gasteiger partial charge in [0.25, 0.3) is 0 Å². The second-order valence-corrected chi connectivity index (χ2v) is 6.93. The van der Waals surface area contributed by atoms with Gasteiger partial charge in [0.05, 0.1) is 26.4 Å². The molecule has 0 saturated carbocycles. The molecule has 0 aliphatic carbocycles. The minimum Gasteiger partial charge on any atom is -0.466 e. The third-order valence-electron chi connectivity index (χ3n) is 4.28. The summed E-state index contributed by atoms with van der Waals surface area (Å²) in [5.74, 6) is -3.67. The van der Waals surface area contributed by atoms with Crippen LogP contribution in [-0.4, -0.2) is 74.2 Å². The van der Waals surface area contributed by atoms with Gasteiger partial charge in [-0.1, -0.05) is 0 Å². The molecule has 0 aromatic rings. The summed E-state index contributed by atoms with van der Waals surface area (Å²) in [6.45, 7) is 7.08. The highest BCUT2D eigenvalue weighted by atomic mass is 16.5. The lowest BCUT2D eigenvalue weighted by atomic mass is 10.1. The second kappa shape index (κ2) is 18.3. The minimum atomic E-state index is -1.07. The van der Waals surface area contributed by atoms with Crippen molar-refractivity contribution < 1.29 is 47.7 Å². The summed E-state index contributed by atoms with van der Waals surface area (Å²) in [5, 5.41) is 4.90. The number of hydrogen-bond donors (Lipinski definition) is 2. The smallest absolute Gasteiger partial charge is 0.328 e. The molecule has 12 heteroatoms. The van der Waals surface area contributed by atoms with Crippen LogP contribution in [0.25, 0.3) is 0 Å². The molecule has 0 aromatic heterocycles. The molecule has 0 radical (unpaired) electrons. The van der Waals surface area contributed by atoms with Crippen LogP contribution in [0.3, 0.4) is 0 Å². The summed E-state index contributed by atoms with van der Waals surface area (Å²) in [6.07, 6.45) is -0.800. The lowest BCUT2D eigenvalue weighted by Crippen LogP contribution is -2.44. The predicted octanol–water partition coefficient (Wildman–Crippen LogP) is 0.549. The van der Waals surface area contributed by atoms with Gasteiger partial charge < -0.3 is 29.6 Å². The van der Waals surface area contributed by atoms with Gasteiger partial charge in [0.2, 0.25) is 11.8 Å². The van der Waals surface area contributed by atoms with Gasteiger partial charge in [-0.3, -0.25) is 19.2 Å². The van der Waals surface area contributed by atoms with Crippen LogP contribution in [0, 0.1) is 0 Å². The van der Waals surface area contributed by atoms with E-state index in [0.29, 0.717) is 0 Å². The molecular weight excluding hydrogens is 452 g/mol. The Morgan fingerprint density at radius 1 is 0.529 bits per heavy atom. The minimum absolute atomic E-state index is 0.0194. The van der Waals surface area contributed by atoms with E-state index >= 15 is 0 Å². The maximum Gasteiger partial charge on any atom is 0.328 e. The van der Waals surface area contributed by atoms with Gasteiger partial charge in [0, 0.05) is 25.7 Å². The second-order valence-electron chi connectivity index (χ2n) is 6.93. The third-order valence-corrected chi connectivity index (χ3v) is 4.28. The molecule has 2 atom stereocenters. The lowest BCUT2D eigenvalue weighted by Gasteiger charge is -2.18. The molecule has 2 unspecified atom stereocenters. The molecule has 0 bridgehead atoms. The summed E-state index contributed by atoms with van der Waals surface area (Å²) in [7, 11) is 0. The van der Waals surface area contributed by atoms with Crippen molar-refractivity contribution in [3.8, 4) is 0 Å². The zero-order valence-electron chi connectivity index (χ0n) is 20.3. The van der Waals surface area contributed by atoms with Crippen molar-refractivity contribution in [1.29, 1.82) is 0 Å². The first kappa shape index (κ1) is 30.8. The van der Waals surface area contributed by atoms with E-state index in [2.05, 4.69) is 10.6 Å². The van der Waals surface area contributed by atoms with Crippen molar-refractivity contribution in [2.24, 2.45) is 0 Å². The molecule has 34 heavy (non-hydrogen) atoms. The highest BCUT2D eigenvalue weighted by Crippen LogP contribution is 2.06. The molecule has 0 spiro atoms. The van der Waals surface area contributed by atoms with Gasteiger partial charge >= 0.3 is 23.9 Å². The summed E-state index contributed by atoms with van der Waals surface area (Å²) < 4.78 is 19.5.